The largest absolute Gasteiger partial charge is 0.481 e. The summed E-state index contributed by atoms with van der Waals surface area (Å²) in [6, 6.07) is 0. The molecule has 1 aromatic rings. The molecular formula is C12H19N3O2. The van der Waals surface area contributed by atoms with Gasteiger partial charge >= 0.3 is 5.97 Å². The molecule has 0 bridgehead atoms. The number of carbonyl (C=O) groups is 1. The number of H-pyrrole nitrogens is 1. The average Bonchev–Trinajstić information content (AvgIpc) is 2.68. The van der Waals surface area contributed by atoms with Gasteiger partial charge in [-0.25, -0.2) is 0 Å². The van der Waals surface area contributed by atoms with Crippen molar-refractivity contribution in [3.63, 3.8) is 0 Å². The summed E-state index contributed by atoms with van der Waals surface area (Å²) in [5.41, 5.74) is 1.39. The Kier molecular flexibility index (Phi) is 3.19. The highest BCUT2D eigenvalue weighted by Crippen LogP contribution is 2.35. The van der Waals surface area contributed by atoms with Crippen LogP contribution in [0.3, 0.4) is 0 Å². The monoisotopic (exact) mass is 237 g/mol. The number of aromatic amines is 1. The van der Waals surface area contributed by atoms with Gasteiger partial charge in [0.25, 0.3) is 0 Å². The van der Waals surface area contributed by atoms with E-state index in [2.05, 4.69) is 15.1 Å². The molecule has 1 fully saturated rings. The van der Waals surface area contributed by atoms with Gasteiger partial charge < -0.3 is 10.0 Å². The summed E-state index contributed by atoms with van der Waals surface area (Å²) in [5.74, 6) is -0.675. The Bertz CT molecular complexity index is 406. The van der Waals surface area contributed by atoms with Crippen LogP contribution in [-0.4, -0.2) is 46.3 Å². The van der Waals surface area contributed by atoms with E-state index in [0.29, 0.717) is 19.3 Å². The summed E-state index contributed by atoms with van der Waals surface area (Å²) in [6.07, 6.45) is 3.75. The zero-order valence-corrected chi connectivity index (χ0v) is 10.4. The van der Waals surface area contributed by atoms with Crippen LogP contribution in [-0.2, 0) is 11.2 Å². The van der Waals surface area contributed by atoms with Crippen LogP contribution >= 0.6 is 0 Å². The first kappa shape index (κ1) is 12.1. The fourth-order valence-electron chi connectivity index (χ4n) is 2.43. The fraction of sp³-hybridized carbons (Fsp3) is 0.667. The Hall–Kier alpha value is -1.36. The van der Waals surface area contributed by atoms with Crippen LogP contribution in [0.1, 0.15) is 24.1 Å². The number of aliphatic carboxylic acids is 1. The molecule has 1 aliphatic rings. The molecular weight excluding hydrogens is 218 g/mol. The highest BCUT2D eigenvalue weighted by Gasteiger charge is 2.41. The number of hydrogen-bond donors (Lipinski definition) is 2. The highest BCUT2D eigenvalue weighted by atomic mass is 16.4. The minimum absolute atomic E-state index is 0.582. The second-order valence-corrected chi connectivity index (χ2v) is 5.09. The van der Waals surface area contributed by atoms with E-state index in [-0.39, 0.29) is 0 Å². The minimum atomic E-state index is -0.675. The molecule has 0 aromatic carbocycles. The molecule has 17 heavy (non-hydrogen) atoms. The molecule has 0 atom stereocenters. The third-order valence-corrected chi connectivity index (χ3v) is 3.86. The van der Waals surface area contributed by atoms with Gasteiger partial charge in [0, 0.05) is 5.69 Å². The number of likely N-dealkylation sites (tertiary alicyclic amines) is 1. The lowest BCUT2D eigenvalue weighted by atomic mass is 9.74. The van der Waals surface area contributed by atoms with Crippen molar-refractivity contribution < 1.29 is 9.90 Å². The van der Waals surface area contributed by atoms with Crippen molar-refractivity contribution in [1.82, 2.24) is 15.1 Å². The highest BCUT2D eigenvalue weighted by molar-refractivity contribution is 5.75. The number of piperidine rings is 1. The predicted octanol–water partition coefficient (Wildman–Crippen LogP) is 1.06. The zero-order valence-electron chi connectivity index (χ0n) is 10.4. The summed E-state index contributed by atoms with van der Waals surface area (Å²) in [4.78, 5) is 13.8. The van der Waals surface area contributed by atoms with Crippen LogP contribution in [0.2, 0.25) is 0 Å². The van der Waals surface area contributed by atoms with Gasteiger partial charge in [-0.1, -0.05) is 0 Å². The third kappa shape index (κ3) is 2.34. The van der Waals surface area contributed by atoms with Gasteiger partial charge in [0.1, 0.15) is 0 Å². The van der Waals surface area contributed by atoms with E-state index in [0.717, 1.165) is 24.3 Å². The maximum atomic E-state index is 11.6. The van der Waals surface area contributed by atoms with Crippen molar-refractivity contribution in [2.75, 3.05) is 20.1 Å². The van der Waals surface area contributed by atoms with E-state index in [1.807, 2.05) is 14.0 Å². The van der Waals surface area contributed by atoms with Crippen LogP contribution in [0.4, 0.5) is 0 Å². The quantitative estimate of drug-likeness (QED) is 0.824. The molecule has 1 aliphatic heterocycles. The van der Waals surface area contributed by atoms with Crippen molar-refractivity contribution in [2.45, 2.75) is 26.2 Å². The Morgan fingerprint density at radius 2 is 2.24 bits per heavy atom. The van der Waals surface area contributed by atoms with Gasteiger partial charge in [0.2, 0.25) is 0 Å². The molecule has 5 heteroatoms. The number of carboxylic acids is 1. The molecule has 5 nitrogen and oxygen atoms in total. The zero-order chi connectivity index (χ0) is 12.5. The van der Waals surface area contributed by atoms with Gasteiger partial charge in [-0.3, -0.25) is 9.89 Å². The normalized spacial score (nSPS) is 20.4. The topological polar surface area (TPSA) is 69.2 Å². The fourth-order valence-corrected chi connectivity index (χ4v) is 2.43. The van der Waals surface area contributed by atoms with E-state index < -0.39 is 11.4 Å². The summed E-state index contributed by atoms with van der Waals surface area (Å²) >= 11 is 0. The number of rotatable bonds is 3. The number of aromatic nitrogens is 2. The molecule has 0 unspecified atom stereocenters. The summed E-state index contributed by atoms with van der Waals surface area (Å²) in [6.45, 7) is 3.64. The number of nitrogens with zero attached hydrogens (tertiary/aromatic N) is 2. The lowest BCUT2D eigenvalue weighted by molar-refractivity contribution is -0.151. The molecule has 94 valence electrons. The van der Waals surface area contributed by atoms with Gasteiger partial charge in [0.05, 0.1) is 11.6 Å². The third-order valence-electron chi connectivity index (χ3n) is 3.86. The van der Waals surface area contributed by atoms with Crippen LogP contribution in [0.15, 0.2) is 6.20 Å². The van der Waals surface area contributed by atoms with Crippen molar-refractivity contribution in [3.8, 4) is 0 Å². The molecule has 1 saturated heterocycles. The van der Waals surface area contributed by atoms with Crippen molar-refractivity contribution in [1.29, 1.82) is 0 Å². The lowest BCUT2D eigenvalue weighted by Crippen LogP contribution is -2.44. The van der Waals surface area contributed by atoms with Crippen LogP contribution in [0, 0.1) is 12.3 Å². The van der Waals surface area contributed by atoms with Crippen molar-refractivity contribution in [3.05, 3.63) is 17.5 Å². The van der Waals surface area contributed by atoms with Crippen LogP contribution in [0.5, 0.6) is 0 Å². The summed E-state index contributed by atoms with van der Waals surface area (Å²) < 4.78 is 0. The maximum absolute atomic E-state index is 11.6. The van der Waals surface area contributed by atoms with E-state index in [1.165, 1.54) is 0 Å². The molecule has 0 aliphatic carbocycles. The van der Waals surface area contributed by atoms with Crippen molar-refractivity contribution in [2.24, 2.45) is 5.41 Å². The number of nitrogens with one attached hydrogen (secondary N) is 1. The molecule has 0 spiro atoms. The first-order valence-corrected chi connectivity index (χ1v) is 5.94. The predicted molar refractivity (Wildman–Crippen MR) is 63.8 cm³/mol. The van der Waals surface area contributed by atoms with Crippen molar-refractivity contribution >= 4 is 5.97 Å². The van der Waals surface area contributed by atoms with Gasteiger partial charge in [-0.05, 0) is 51.9 Å². The molecule has 2 N–H and O–H groups in total. The molecule has 0 radical (unpaired) electrons. The average molecular weight is 237 g/mol. The lowest BCUT2D eigenvalue weighted by Gasteiger charge is -2.37. The number of hydrogen-bond acceptors (Lipinski definition) is 3. The maximum Gasteiger partial charge on any atom is 0.310 e. The first-order valence-electron chi connectivity index (χ1n) is 5.94. The van der Waals surface area contributed by atoms with Gasteiger partial charge in [0.15, 0.2) is 0 Å². The minimum Gasteiger partial charge on any atom is -0.481 e. The van der Waals surface area contributed by atoms with E-state index in [4.69, 9.17) is 0 Å². The molecule has 2 rings (SSSR count). The van der Waals surface area contributed by atoms with E-state index >= 15 is 0 Å². The van der Waals surface area contributed by atoms with E-state index in [9.17, 15) is 9.90 Å². The number of aryl methyl sites for hydroxylation is 1. The smallest absolute Gasteiger partial charge is 0.310 e. The SMILES string of the molecule is Cc1[nH]ncc1CC1(C(=O)O)CCN(C)CC1. The Morgan fingerprint density at radius 1 is 1.59 bits per heavy atom. The van der Waals surface area contributed by atoms with Gasteiger partial charge in [-0.15, -0.1) is 0 Å². The van der Waals surface area contributed by atoms with Gasteiger partial charge in [-0.2, -0.15) is 5.10 Å². The summed E-state index contributed by atoms with van der Waals surface area (Å²) in [5, 5.41) is 16.3. The molecule has 0 saturated carbocycles. The van der Waals surface area contributed by atoms with E-state index in [1.54, 1.807) is 6.20 Å². The Morgan fingerprint density at radius 3 is 2.71 bits per heavy atom. The second kappa shape index (κ2) is 4.49. The Labute approximate surface area is 101 Å². The molecule has 2 heterocycles. The Balaban J connectivity index is 2.18. The molecule has 0 amide bonds. The first-order chi connectivity index (χ1) is 8.03. The summed E-state index contributed by atoms with van der Waals surface area (Å²) in [7, 11) is 2.04. The standard InChI is InChI=1S/C12H19N3O2/c1-9-10(8-13-14-9)7-12(11(16)17)3-5-15(2)6-4-12/h8H,3-7H2,1-2H3,(H,13,14)(H,16,17). The molecule has 1 aromatic heterocycles. The second-order valence-electron chi connectivity index (χ2n) is 5.09. The van der Waals surface area contributed by atoms with Crippen LogP contribution in [0.25, 0.3) is 0 Å². The van der Waals surface area contributed by atoms with Crippen LogP contribution < -0.4 is 0 Å². The number of carboxylic acid groups (broad SMARTS) is 1.